The molecule has 0 radical (unpaired) electrons. The van der Waals surface area contributed by atoms with E-state index in [2.05, 4.69) is 0 Å². The van der Waals surface area contributed by atoms with E-state index in [0.29, 0.717) is 19.1 Å². The SMILES string of the molecule is C[C@H](N)C(=O)N(CC1CCCN(C(=O)OCc2ccccc2)C1)C1CC1. The van der Waals surface area contributed by atoms with E-state index in [0.717, 1.165) is 37.8 Å². The third kappa shape index (κ3) is 4.97. The minimum Gasteiger partial charge on any atom is -0.445 e. The first kappa shape index (κ1) is 18.7. The molecule has 1 aliphatic heterocycles. The number of carbonyl (C=O) groups is 2. The molecule has 1 saturated heterocycles. The lowest BCUT2D eigenvalue weighted by Crippen LogP contribution is -2.49. The molecular weight excluding hydrogens is 330 g/mol. The molecule has 1 unspecified atom stereocenters. The van der Waals surface area contributed by atoms with E-state index in [1.54, 1.807) is 11.8 Å². The van der Waals surface area contributed by atoms with Gasteiger partial charge in [0.2, 0.25) is 5.91 Å². The van der Waals surface area contributed by atoms with Crippen molar-refractivity contribution in [2.24, 2.45) is 11.7 Å². The fraction of sp³-hybridized carbons (Fsp3) is 0.600. The van der Waals surface area contributed by atoms with Crippen LogP contribution in [0, 0.1) is 5.92 Å². The van der Waals surface area contributed by atoms with Gasteiger partial charge in [-0.15, -0.1) is 0 Å². The van der Waals surface area contributed by atoms with Crippen LogP contribution in [0.4, 0.5) is 4.79 Å². The van der Waals surface area contributed by atoms with Gasteiger partial charge in [-0.1, -0.05) is 30.3 Å². The number of amides is 2. The van der Waals surface area contributed by atoms with Crippen molar-refractivity contribution in [3.63, 3.8) is 0 Å². The summed E-state index contributed by atoms with van der Waals surface area (Å²) in [5.74, 6) is 0.313. The second-order valence-electron chi connectivity index (χ2n) is 7.50. The first-order valence-corrected chi connectivity index (χ1v) is 9.56. The van der Waals surface area contributed by atoms with Gasteiger partial charge in [0.1, 0.15) is 6.61 Å². The molecule has 1 saturated carbocycles. The summed E-state index contributed by atoms with van der Waals surface area (Å²) in [6, 6.07) is 9.57. The van der Waals surface area contributed by atoms with Gasteiger partial charge in [-0.25, -0.2) is 4.79 Å². The molecule has 142 valence electrons. The predicted octanol–water partition coefficient (Wildman–Crippen LogP) is 2.37. The summed E-state index contributed by atoms with van der Waals surface area (Å²) in [5, 5.41) is 0. The third-order valence-electron chi connectivity index (χ3n) is 5.10. The Bertz CT molecular complexity index is 616. The zero-order valence-corrected chi connectivity index (χ0v) is 15.5. The Balaban J connectivity index is 1.51. The minimum atomic E-state index is -0.467. The number of benzene rings is 1. The van der Waals surface area contributed by atoms with E-state index >= 15 is 0 Å². The van der Waals surface area contributed by atoms with Gasteiger partial charge < -0.3 is 20.3 Å². The fourth-order valence-corrected chi connectivity index (χ4v) is 3.54. The van der Waals surface area contributed by atoms with Crippen LogP contribution < -0.4 is 5.73 Å². The summed E-state index contributed by atoms with van der Waals surface area (Å²) in [6.07, 6.45) is 3.82. The maximum atomic E-state index is 12.4. The van der Waals surface area contributed by atoms with Crippen molar-refractivity contribution < 1.29 is 14.3 Å². The van der Waals surface area contributed by atoms with Crippen LogP contribution in [0.1, 0.15) is 38.2 Å². The summed E-state index contributed by atoms with van der Waals surface area (Å²) >= 11 is 0. The highest BCUT2D eigenvalue weighted by atomic mass is 16.6. The second kappa shape index (κ2) is 8.54. The molecule has 1 aliphatic carbocycles. The summed E-state index contributed by atoms with van der Waals surface area (Å²) in [6.45, 7) is 4.08. The lowest BCUT2D eigenvalue weighted by Gasteiger charge is -2.35. The first-order valence-electron chi connectivity index (χ1n) is 9.56. The third-order valence-corrected chi connectivity index (χ3v) is 5.10. The van der Waals surface area contributed by atoms with Crippen LogP contribution in [0.25, 0.3) is 0 Å². The van der Waals surface area contributed by atoms with Gasteiger partial charge in [-0.05, 0) is 44.1 Å². The summed E-state index contributed by atoms with van der Waals surface area (Å²) < 4.78 is 5.45. The van der Waals surface area contributed by atoms with Crippen molar-refractivity contribution in [3.8, 4) is 0 Å². The second-order valence-corrected chi connectivity index (χ2v) is 7.50. The van der Waals surface area contributed by atoms with Gasteiger partial charge in [0.15, 0.2) is 0 Å². The van der Waals surface area contributed by atoms with E-state index in [1.165, 1.54) is 0 Å². The summed E-state index contributed by atoms with van der Waals surface area (Å²) in [5.41, 5.74) is 6.79. The molecule has 1 aromatic carbocycles. The van der Waals surface area contributed by atoms with Crippen LogP contribution in [-0.4, -0.2) is 53.5 Å². The van der Waals surface area contributed by atoms with Crippen molar-refractivity contribution in [1.29, 1.82) is 0 Å². The standard InChI is InChI=1S/C20H29N3O3/c1-15(21)19(24)23(18-9-10-18)13-17-8-5-11-22(12-17)20(25)26-14-16-6-3-2-4-7-16/h2-4,6-7,15,17-18H,5,8-14,21H2,1H3/t15-,17?/m0/s1. The quantitative estimate of drug-likeness (QED) is 0.846. The Kier molecular flexibility index (Phi) is 6.14. The van der Waals surface area contributed by atoms with Gasteiger partial charge >= 0.3 is 6.09 Å². The van der Waals surface area contributed by atoms with Gasteiger partial charge in [-0.2, -0.15) is 0 Å². The molecule has 6 nitrogen and oxygen atoms in total. The van der Waals surface area contributed by atoms with Crippen molar-refractivity contribution in [2.45, 2.75) is 51.3 Å². The van der Waals surface area contributed by atoms with Crippen LogP contribution in [0.2, 0.25) is 0 Å². The Morgan fingerprint density at radius 2 is 2.00 bits per heavy atom. The lowest BCUT2D eigenvalue weighted by atomic mass is 9.97. The van der Waals surface area contributed by atoms with E-state index in [4.69, 9.17) is 10.5 Å². The summed E-state index contributed by atoms with van der Waals surface area (Å²) in [7, 11) is 0. The van der Waals surface area contributed by atoms with Crippen LogP contribution in [0.5, 0.6) is 0 Å². The molecule has 26 heavy (non-hydrogen) atoms. The number of nitrogens with zero attached hydrogens (tertiary/aromatic N) is 2. The highest BCUT2D eigenvalue weighted by molar-refractivity contribution is 5.81. The predicted molar refractivity (Wildman–Crippen MR) is 99.3 cm³/mol. The van der Waals surface area contributed by atoms with Crippen molar-refractivity contribution in [2.75, 3.05) is 19.6 Å². The highest BCUT2D eigenvalue weighted by Gasteiger charge is 2.36. The van der Waals surface area contributed by atoms with E-state index < -0.39 is 6.04 Å². The lowest BCUT2D eigenvalue weighted by molar-refractivity contribution is -0.133. The molecule has 0 spiro atoms. The van der Waals surface area contributed by atoms with Crippen molar-refractivity contribution >= 4 is 12.0 Å². The van der Waals surface area contributed by atoms with Crippen molar-refractivity contribution in [1.82, 2.24) is 9.80 Å². The minimum absolute atomic E-state index is 0.0243. The van der Waals surface area contributed by atoms with Crippen molar-refractivity contribution in [3.05, 3.63) is 35.9 Å². The normalized spacial score (nSPS) is 21.2. The van der Waals surface area contributed by atoms with Crippen LogP contribution >= 0.6 is 0 Å². The zero-order valence-electron chi connectivity index (χ0n) is 15.5. The fourth-order valence-electron chi connectivity index (χ4n) is 3.54. The molecule has 2 amide bonds. The van der Waals surface area contributed by atoms with E-state index in [9.17, 15) is 9.59 Å². The molecule has 1 aromatic rings. The Labute approximate surface area is 155 Å². The average Bonchev–Trinajstić information content (AvgIpc) is 3.49. The molecule has 2 fully saturated rings. The molecular formula is C20H29N3O3. The van der Waals surface area contributed by atoms with Crippen LogP contribution in [0.3, 0.4) is 0 Å². The molecule has 1 heterocycles. The number of ether oxygens (including phenoxy) is 1. The van der Waals surface area contributed by atoms with Gasteiger partial charge in [-0.3, -0.25) is 4.79 Å². The molecule has 2 N–H and O–H groups in total. The van der Waals surface area contributed by atoms with Crippen LogP contribution in [-0.2, 0) is 16.1 Å². The number of hydrogen-bond donors (Lipinski definition) is 1. The number of hydrogen-bond acceptors (Lipinski definition) is 4. The molecule has 0 bridgehead atoms. The average molecular weight is 359 g/mol. The number of likely N-dealkylation sites (tertiary alicyclic amines) is 1. The number of nitrogens with two attached hydrogens (primary N) is 1. The molecule has 3 rings (SSSR count). The summed E-state index contributed by atoms with van der Waals surface area (Å²) in [4.78, 5) is 28.5. The molecule has 6 heteroatoms. The smallest absolute Gasteiger partial charge is 0.410 e. The topological polar surface area (TPSA) is 75.9 Å². The zero-order chi connectivity index (χ0) is 18.5. The van der Waals surface area contributed by atoms with E-state index in [-0.39, 0.29) is 24.5 Å². The monoisotopic (exact) mass is 359 g/mol. The number of piperidine rings is 1. The van der Waals surface area contributed by atoms with Crippen LogP contribution in [0.15, 0.2) is 30.3 Å². The van der Waals surface area contributed by atoms with Gasteiger partial charge in [0.05, 0.1) is 6.04 Å². The number of rotatable bonds is 6. The largest absolute Gasteiger partial charge is 0.445 e. The van der Waals surface area contributed by atoms with Gasteiger partial charge in [0, 0.05) is 25.7 Å². The Morgan fingerprint density at radius 3 is 2.65 bits per heavy atom. The Morgan fingerprint density at radius 1 is 1.27 bits per heavy atom. The first-order chi connectivity index (χ1) is 12.5. The van der Waals surface area contributed by atoms with E-state index in [1.807, 2.05) is 35.2 Å². The number of carbonyl (C=O) groups excluding carboxylic acids is 2. The van der Waals surface area contributed by atoms with Gasteiger partial charge in [0.25, 0.3) is 0 Å². The molecule has 2 aliphatic rings. The molecule has 2 atom stereocenters. The Hall–Kier alpha value is -2.08. The maximum absolute atomic E-state index is 12.4. The maximum Gasteiger partial charge on any atom is 0.410 e. The highest BCUT2D eigenvalue weighted by Crippen LogP contribution is 2.30. The molecule has 0 aromatic heterocycles.